The first-order valence-corrected chi connectivity index (χ1v) is 14.4. The van der Waals surface area contributed by atoms with Gasteiger partial charge in [-0.15, -0.1) is 4.28 Å². The highest BCUT2D eigenvalue weighted by molar-refractivity contribution is 7.89. The standard InChI is InChI=1S/C30H29N3O4S/c34-30-29-24(21-33(30)37-38(35,36)17-14-22-8-3-1-4-9-22)10-7-11-26(29)28-19-25-18-23(12-13-27(25)31-28)20-32-15-5-2-6-16-32/h1,3-4,7-14,17-19,31H,2,5-6,15-16,20-21H2. The van der Waals surface area contributed by atoms with Gasteiger partial charge >= 0.3 is 10.1 Å². The monoisotopic (exact) mass is 527 g/mol. The van der Waals surface area contributed by atoms with E-state index < -0.39 is 16.0 Å². The van der Waals surface area contributed by atoms with Crippen molar-refractivity contribution in [3.63, 3.8) is 0 Å². The smallest absolute Gasteiger partial charge is 0.310 e. The van der Waals surface area contributed by atoms with Gasteiger partial charge in [0.2, 0.25) is 0 Å². The van der Waals surface area contributed by atoms with Crippen molar-refractivity contribution in [2.45, 2.75) is 32.4 Å². The zero-order chi connectivity index (χ0) is 26.1. The zero-order valence-corrected chi connectivity index (χ0v) is 21.8. The second-order valence-electron chi connectivity index (χ2n) is 9.90. The molecule has 7 nitrogen and oxygen atoms in total. The van der Waals surface area contributed by atoms with Crippen molar-refractivity contribution in [1.29, 1.82) is 0 Å². The summed E-state index contributed by atoms with van der Waals surface area (Å²) in [5, 5.41) is 2.97. The van der Waals surface area contributed by atoms with Crippen LogP contribution >= 0.6 is 0 Å². The lowest BCUT2D eigenvalue weighted by Gasteiger charge is -2.26. The normalized spacial score (nSPS) is 16.5. The van der Waals surface area contributed by atoms with Crippen molar-refractivity contribution in [2.75, 3.05) is 13.1 Å². The molecule has 1 N–H and O–H groups in total. The van der Waals surface area contributed by atoms with E-state index >= 15 is 0 Å². The Morgan fingerprint density at radius 3 is 2.55 bits per heavy atom. The van der Waals surface area contributed by atoms with Crippen LogP contribution in [0.5, 0.6) is 0 Å². The van der Waals surface area contributed by atoms with Crippen LogP contribution < -0.4 is 0 Å². The number of nitrogens with one attached hydrogen (secondary N) is 1. The van der Waals surface area contributed by atoms with Gasteiger partial charge in [0, 0.05) is 28.7 Å². The maximum Gasteiger partial charge on any atom is 0.310 e. The fourth-order valence-corrected chi connectivity index (χ4v) is 6.04. The molecular weight excluding hydrogens is 498 g/mol. The van der Waals surface area contributed by atoms with Gasteiger partial charge in [-0.05, 0) is 66.9 Å². The molecule has 2 aliphatic heterocycles. The molecule has 194 valence electrons. The summed E-state index contributed by atoms with van der Waals surface area (Å²) in [6.07, 6.45) is 5.28. The van der Waals surface area contributed by atoms with Crippen molar-refractivity contribution in [2.24, 2.45) is 0 Å². The summed E-state index contributed by atoms with van der Waals surface area (Å²) in [5.74, 6) is -0.475. The van der Waals surface area contributed by atoms with Crippen LogP contribution in [0.15, 0.2) is 78.2 Å². The number of amides is 1. The lowest BCUT2D eigenvalue weighted by molar-refractivity contribution is -0.0255. The largest absolute Gasteiger partial charge is 0.355 e. The molecule has 1 amide bonds. The summed E-state index contributed by atoms with van der Waals surface area (Å²) in [4.78, 5) is 19.3. The van der Waals surface area contributed by atoms with Gasteiger partial charge in [-0.25, -0.2) is 0 Å². The highest BCUT2D eigenvalue weighted by Gasteiger charge is 2.34. The van der Waals surface area contributed by atoms with Crippen LogP contribution in [0.25, 0.3) is 28.2 Å². The van der Waals surface area contributed by atoms with E-state index in [1.165, 1.54) is 30.9 Å². The Morgan fingerprint density at radius 1 is 0.921 bits per heavy atom. The number of likely N-dealkylation sites (tertiary alicyclic amines) is 1. The van der Waals surface area contributed by atoms with Crippen LogP contribution in [0, 0.1) is 0 Å². The lowest BCUT2D eigenvalue weighted by Crippen LogP contribution is -2.28. The van der Waals surface area contributed by atoms with Gasteiger partial charge in [0.05, 0.1) is 17.5 Å². The third-order valence-corrected chi connectivity index (χ3v) is 8.01. The summed E-state index contributed by atoms with van der Waals surface area (Å²) < 4.78 is 30.4. The Hall–Kier alpha value is -3.72. The van der Waals surface area contributed by atoms with Crippen LogP contribution in [0.3, 0.4) is 0 Å². The number of aromatic nitrogens is 1. The number of benzene rings is 3. The van der Waals surface area contributed by atoms with E-state index in [9.17, 15) is 13.2 Å². The number of hydrogen-bond acceptors (Lipinski definition) is 5. The predicted molar refractivity (Wildman–Crippen MR) is 148 cm³/mol. The minimum Gasteiger partial charge on any atom is -0.355 e. The van der Waals surface area contributed by atoms with Crippen molar-refractivity contribution < 1.29 is 17.5 Å². The topological polar surface area (TPSA) is 82.7 Å². The fourth-order valence-electron chi connectivity index (χ4n) is 5.30. The molecule has 1 aromatic heterocycles. The molecule has 2 aliphatic rings. The van der Waals surface area contributed by atoms with Gasteiger partial charge < -0.3 is 4.98 Å². The van der Waals surface area contributed by atoms with Gasteiger partial charge in [0.1, 0.15) is 0 Å². The minimum atomic E-state index is -4.12. The van der Waals surface area contributed by atoms with Gasteiger partial charge in [0.25, 0.3) is 5.91 Å². The maximum atomic E-state index is 13.3. The second kappa shape index (κ2) is 10.2. The van der Waals surface area contributed by atoms with E-state index in [2.05, 4.69) is 34.1 Å². The molecule has 1 fully saturated rings. The Labute approximate surface area is 222 Å². The molecule has 0 bridgehead atoms. The Kier molecular flexibility index (Phi) is 6.61. The molecule has 4 aromatic rings. The number of rotatable bonds is 7. The van der Waals surface area contributed by atoms with E-state index in [4.69, 9.17) is 4.28 Å². The quantitative estimate of drug-likeness (QED) is 0.333. The summed E-state index contributed by atoms with van der Waals surface area (Å²) in [6, 6.07) is 23.1. The second-order valence-corrected chi connectivity index (χ2v) is 11.3. The summed E-state index contributed by atoms with van der Waals surface area (Å²) >= 11 is 0. The predicted octanol–water partition coefficient (Wildman–Crippen LogP) is 5.71. The molecule has 0 spiro atoms. The molecule has 3 aromatic carbocycles. The third-order valence-electron chi connectivity index (χ3n) is 7.16. The Morgan fingerprint density at radius 2 is 1.74 bits per heavy atom. The number of H-pyrrole nitrogens is 1. The number of piperidine rings is 1. The van der Waals surface area contributed by atoms with E-state index in [0.29, 0.717) is 5.56 Å². The Bertz CT molecular complexity index is 1620. The molecule has 0 unspecified atom stereocenters. The van der Waals surface area contributed by atoms with Gasteiger partial charge in [-0.2, -0.15) is 13.5 Å². The molecule has 6 rings (SSSR count). The van der Waals surface area contributed by atoms with Crippen LogP contribution in [-0.4, -0.2) is 42.4 Å². The van der Waals surface area contributed by atoms with E-state index in [0.717, 1.165) is 63.4 Å². The van der Waals surface area contributed by atoms with Crippen LogP contribution in [0.2, 0.25) is 0 Å². The molecule has 0 aliphatic carbocycles. The molecule has 3 heterocycles. The number of aromatic amines is 1. The summed E-state index contributed by atoms with van der Waals surface area (Å²) in [6.45, 7) is 3.28. The number of carbonyl (C=O) groups excluding carboxylic acids is 1. The minimum absolute atomic E-state index is 0.0562. The van der Waals surface area contributed by atoms with E-state index in [1.807, 2.05) is 36.4 Å². The van der Waals surface area contributed by atoms with Crippen molar-refractivity contribution in [3.8, 4) is 11.3 Å². The Balaban J connectivity index is 1.23. The highest BCUT2D eigenvalue weighted by atomic mass is 32.2. The number of nitrogens with zero attached hydrogens (tertiary/aromatic N) is 2. The molecule has 38 heavy (non-hydrogen) atoms. The lowest BCUT2D eigenvalue weighted by atomic mass is 10.0. The van der Waals surface area contributed by atoms with Crippen molar-refractivity contribution in [3.05, 3.63) is 100 Å². The number of hydroxylamine groups is 2. The van der Waals surface area contributed by atoms with Crippen molar-refractivity contribution >= 4 is 33.0 Å². The van der Waals surface area contributed by atoms with E-state index in [-0.39, 0.29) is 6.54 Å². The number of fused-ring (bicyclic) bond motifs is 2. The van der Waals surface area contributed by atoms with Gasteiger partial charge in [-0.3, -0.25) is 9.69 Å². The molecule has 1 saturated heterocycles. The molecule has 0 radical (unpaired) electrons. The summed E-state index contributed by atoms with van der Waals surface area (Å²) in [5.41, 5.74) is 5.70. The first-order valence-electron chi connectivity index (χ1n) is 12.9. The first kappa shape index (κ1) is 24.6. The molecular formula is C30H29N3O4S. The van der Waals surface area contributed by atoms with Gasteiger partial charge in [-0.1, -0.05) is 61.0 Å². The van der Waals surface area contributed by atoms with Crippen molar-refractivity contribution in [1.82, 2.24) is 14.9 Å². The summed E-state index contributed by atoms with van der Waals surface area (Å²) in [7, 11) is -4.12. The molecule has 0 saturated carbocycles. The average molecular weight is 528 g/mol. The van der Waals surface area contributed by atoms with Crippen LogP contribution in [0.4, 0.5) is 0 Å². The van der Waals surface area contributed by atoms with Crippen LogP contribution in [0.1, 0.15) is 46.3 Å². The third kappa shape index (κ3) is 5.15. The zero-order valence-electron chi connectivity index (χ0n) is 21.0. The SMILES string of the molecule is O=C1c2c(cccc2-c2cc3cc(CN4CCCCC4)ccc3[nH]2)CN1OS(=O)(=O)C=Cc1ccccc1. The molecule has 0 atom stereocenters. The molecule has 8 heteroatoms. The number of carbonyl (C=O) groups is 1. The number of hydrogen-bond donors (Lipinski definition) is 1. The fraction of sp³-hybridized carbons (Fsp3) is 0.233. The van der Waals surface area contributed by atoms with Crippen LogP contribution in [-0.2, 0) is 27.5 Å². The van der Waals surface area contributed by atoms with Gasteiger partial charge in [0.15, 0.2) is 0 Å². The average Bonchev–Trinajstić information content (AvgIpc) is 3.49. The maximum absolute atomic E-state index is 13.3. The highest BCUT2D eigenvalue weighted by Crippen LogP contribution is 2.34. The van der Waals surface area contributed by atoms with E-state index in [1.54, 1.807) is 12.1 Å². The first-order chi connectivity index (χ1) is 18.4.